The van der Waals surface area contributed by atoms with Crippen LogP contribution >= 0.6 is 24.8 Å². The topological polar surface area (TPSA) is 105 Å². The highest BCUT2D eigenvalue weighted by Gasteiger charge is 2.21. The lowest BCUT2D eigenvalue weighted by Crippen LogP contribution is -2.40. The molecule has 0 spiro atoms. The van der Waals surface area contributed by atoms with Crippen LogP contribution in [0.15, 0.2) is 4.79 Å². The number of rotatable bonds is 4. The second-order valence-corrected chi connectivity index (χ2v) is 3.97. The lowest BCUT2D eigenvalue weighted by atomic mass is 10.2. The Labute approximate surface area is 123 Å². The van der Waals surface area contributed by atoms with Crippen LogP contribution in [0.3, 0.4) is 0 Å². The lowest BCUT2D eigenvalue weighted by molar-refractivity contribution is 0.127. The summed E-state index contributed by atoms with van der Waals surface area (Å²) in [4.78, 5) is 18.1. The number of nitrogens with zero attached hydrogens (tertiary/aromatic N) is 1. The molecule has 0 aromatic carbocycles. The molecule has 7 nitrogen and oxygen atoms in total. The SMILES string of the molecule is CCCOCC1CNc2nc(N)[nH]c(=O)c2N1.Cl.Cl. The molecule has 1 aromatic rings. The molecule has 1 atom stereocenters. The van der Waals surface area contributed by atoms with Gasteiger partial charge in [0.15, 0.2) is 5.82 Å². The molecule has 0 fully saturated rings. The van der Waals surface area contributed by atoms with Crippen LogP contribution in [0, 0.1) is 0 Å². The van der Waals surface area contributed by atoms with Crippen molar-refractivity contribution >= 4 is 42.3 Å². The van der Waals surface area contributed by atoms with Gasteiger partial charge in [-0.3, -0.25) is 9.78 Å². The van der Waals surface area contributed by atoms with Gasteiger partial charge < -0.3 is 21.1 Å². The Hall–Kier alpha value is -1.18. The third-order valence-electron chi connectivity index (χ3n) is 2.47. The summed E-state index contributed by atoms with van der Waals surface area (Å²) in [6, 6.07) is 0.0700. The largest absolute Gasteiger partial charge is 0.379 e. The predicted molar refractivity (Wildman–Crippen MR) is 80.8 cm³/mol. The average Bonchev–Trinajstić information content (AvgIpc) is 2.30. The number of aromatic amines is 1. The summed E-state index contributed by atoms with van der Waals surface area (Å²) in [6.45, 7) is 4.00. The number of hydrogen-bond donors (Lipinski definition) is 4. The molecule has 5 N–H and O–H groups in total. The van der Waals surface area contributed by atoms with E-state index in [1.54, 1.807) is 0 Å². The summed E-state index contributed by atoms with van der Waals surface area (Å²) in [5.41, 5.74) is 5.62. The molecule has 0 saturated heterocycles. The summed E-state index contributed by atoms with van der Waals surface area (Å²) in [5, 5.41) is 6.17. The molecule has 9 heteroatoms. The minimum Gasteiger partial charge on any atom is -0.379 e. The molecule has 1 aromatic heterocycles. The Bertz CT molecular complexity index is 454. The minimum atomic E-state index is -0.264. The van der Waals surface area contributed by atoms with Crippen LogP contribution < -0.4 is 21.9 Å². The van der Waals surface area contributed by atoms with Gasteiger partial charge in [0.25, 0.3) is 5.56 Å². The van der Waals surface area contributed by atoms with E-state index in [0.29, 0.717) is 24.7 Å². The molecule has 1 aliphatic heterocycles. The Morgan fingerprint density at radius 3 is 2.89 bits per heavy atom. The molecule has 110 valence electrons. The van der Waals surface area contributed by atoms with Crippen molar-refractivity contribution in [2.75, 3.05) is 36.1 Å². The third-order valence-corrected chi connectivity index (χ3v) is 2.47. The molecular formula is C10H19Cl2N5O2. The molecule has 0 aliphatic carbocycles. The van der Waals surface area contributed by atoms with Gasteiger partial charge in [-0.25, -0.2) is 0 Å². The van der Waals surface area contributed by atoms with E-state index in [-0.39, 0.29) is 42.4 Å². The van der Waals surface area contributed by atoms with Crippen LogP contribution in [0.1, 0.15) is 13.3 Å². The molecular weight excluding hydrogens is 293 g/mol. The summed E-state index contributed by atoms with van der Waals surface area (Å²) in [6.07, 6.45) is 0.982. The second kappa shape index (κ2) is 8.08. The number of halogens is 2. The average molecular weight is 312 g/mol. The van der Waals surface area contributed by atoms with Gasteiger partial charge in [-0.2, -0.15) is 4.98 Å². The highest BCUT2D eigenvalue weighted by Crippen LogP contribution is 2.19. The fraction of sp³-hybridized carbons (Fsp3) is 0.600. The summed E-state index contributed by atoms with van der Waals surface area (Å²) in [7, 11) is 0. The van der Waals surface area contributed by atoms with Gasteiger partial charge >= 0.3 is 0 Å². The smallest absolute Gasteiger partial charge is 0.277 e. The van der Waals surface area contributed by atoms with Crippen molar-refractivity contribution in [3.8, 4) is 0 Å². The number of H-pyrrole nitrogens is 1. The van der Waals surface area contributed by atoms with Gasteiger partial charge in [-0.05, 0) is 6.42 Å². The van der Waals surface area contributed by atoms with Crippen LogP contribution in [0.4, 0.5) is 17.5 Å². The number of ether oxygens (including phenoxy) is 1. The maximum Gasteiger partial charge on any atom is 0.277 e. The first-order valence-electron chi connectivity index (χ1n) is 5.68. The van der Waals surface area contributed by atoms with Crippen molar-refractivity contribution in [2.45, 2.75) is 19.4 Å². The monoisotopic (exact) mass is 311 g/mol. The maximum atomic E-state index is 11.6. The minimum absolute atomic E-state index is 0. The zero-order valence-electron chi connectivity index (χ0n) is 10.6. The molecule has 0 radical (unpaired) electrons. The molecule has 2 heterocycles. The van der Waals surface area contributed by atoms with E-state index in [9.17, 15) is 4.79 Å². The first-order valence-corrected chi connectivity index (χ1v) is 5.68. The van der Waals surface area contributed by atoms with Crippen LogP contribution in [-0.2, 0) is 4.74 Å². The normalized spacial score (nSPS) is 16.2. The van der Waals surface area contributed by atoms with Gasteiger partial charge in [0, 0.05) is 13.2 Å². The molecule has 2 rings (SSSR count). The first kappa shape index (κ1) is 17.8. The summed E-state index contributed by atoms with van der Waals surface area (Å²) in [5.74, 6) is 0.613. The number of nitrogens with two attached hydrogens (primary N) is 1. The van der Waals surface area contributed by atoms with Crippen LogP contribution in [0.5, 0.6) is 0 Å². The zero-order valence-corrected chi connectivity index (χ0v) is 12.2. The number of anilines is 3. The highest BCUT2D eigenvalue weighted by atomic mass is 35.5. The lowest BCUT2D eigenvalue weighted by Gasteiger charge is -2.26. The zero-order chi connectivity index (χ0) is 12.3. The van der Waals surface area contributed by atoms with E-state index in [2.05, 4.69) is 27.5 Å². The van der Waals surface area contributed by atoms with Crippen molar-refractivity contribution in [3.63, 3.8) is 0 Å². The van der Waals surface area contributed by atoms with Crippen LogP contribution in [0.2, 0.25) is 0 Å². The molecule has 0 bridgehead atoms. The fourth-order valence-corrected chi connectivity index (χ4v) is 1.70. The van der Waals surface area contributed by atoms with Crippen LogP contribution in [-0.4, -0.2) is 35.8 Å². The van der Waals surface area contributed by atoms with E-state index < -0.39 is 0 Å². The number of aromatic nitrogens is 2. The van der Waals surface area contributed by atoms with Crippen molar-refractivity contribution in [2.24, 2.45) is 0 Å². The van der Waals surface area contributed by atoms with Gasteiger partial charge in [0.1, 0.15) is 5.69 Å². The number of nitrogens with one attached hydrogen (secondary N) is 3. The second-order valence-electron chi connectivity index (χ2n) is 3.97. The van der Waals surface area contributed by atoms with Crippen molar-refractivity contribution in [3.05, 3.63) is 10.4 Å². The van der Waals surface area contributed by atoms with E-state index >= 15 is 0 Å². The van der Waals surface area contributed by atoms with E-state index in [1.807, 2.05) is 0 Å². The number of fused-ring (bicyclic) bond motifs is 1. The Kier molecular flexibility index (Phi) is 7.58. The van der Waals surface area contributed by atoms with Crippen molar-refractivity contribution in [1.29, 1.82) is 0 Å². The quantitative estimate of drug-likeness (QED) is 0.614. The molecule has 0 amide bonds. The van der Waals surface area contributed by atoms with Crippen LogP contribution in [0.25, 0.3) is 0 Å². The first-order chi connectivity index (χ1) is 8.20. The number of hydrogen-bond acceptors (Lipinski definition) is 6. The Balaban J connectivity index is 0.00000162. The Morgan fingerprint density at radius 1 is 1.47 bits per heavy atom. The van der Waals surface area contributed by atoms with Gasteiger partial charge in [0.05, 0.1) is 12.6 Å². The predicted octanol–water partition coefficient (Wildman–Crippen LogP) is 0.828. The summed E-state index contributed by atoms with van der Waals surface area (Å²) >= 11 is 0. The van der Waals surface area contributed by atoms with E-state index in [1.165, 1.54) is 0 Å². The van der Waals surface area contributed by atoms with Gasteiger partial charge in [-0.15, -0.1) is 24.8 Å². The van der Waals surface area contributed by atoms with Gasteiger partial charge in [0.2, 0.25) is 5.95 Å². The highest BCUT2D eigenvalue weighted by molar-refractivity contribution is 5.85. The molecule has 0 saturated carbocycles. The summed E-state index contributed by atoms with van der Waals surface area (Å²) < 4.78 is 5.44. The fourth-order valence-electron chi connectivity index (χ4n) is 1.70. The Morgan fingerprint density at radius 2 is 2.21 bits per heavy atom. The maximum absolute atomic E-state index is 11.6. The van der Waals surface area contributed by atoms with Crippen molar-refractivity contribution in [1.82, 2.24) is 9.97 Å². The molecule has 19 heavy (non-hydrogen) atoms. The van der Waals surface area contributed by atoms with E-state index in [0.717, 1.165) is 13.0 Å². The van der Waals surface area contributed by atoms with Crippen molar-refractivity contribution < 1.29 is 4.74 Å². The molecule has 1 unspecified atom stereocenters. The third kappa shape index (κ3) is 4.45. The van der Waals surface area contributed by atoms with Gasteiger partial charge in [-0.1, -0.05) is 6.92 Å². The van der Waals surface area contributed by atoms with E-state index in [4.69, 9.17) is 10.5 Å². The molecule has 1 aliphatic rings. The standard InChI is InChI=1S/C10H17N5O2.2ClH/c1-2-3-17-5-6-4-12-8-7(13-6)9(16)15-10(11)14-8;;/h6,13H,2-5H2,1H3,(H4,11,12,14,15,16);2*1H. The number of nitrogen functional groups attached to an aromatic ring is 1.